The molecule has 0 aliphatic carbocycles. The highest BCUT2D eigenvalue weighted by molar-refractivity contribution is 5.76. The normalized spacial score (nSPS) is 23.1. The molecule has 1 heterocycles. The summed E-state index contributed by atoms with van der Waals surface area (Å²) in [6, 6.07) is 0.401. The topological polar surface area (TPSA) is 52.6 Å². The number of carbonyl (C=O) groups is 1. The lowest BCUT2D eigenvalue weighted by molar-refractivity contribution is -0.133. The van der Waals surface area contributed by atoms with Crippen LogP contribution >= 0.6 is 0 Å². The summed E-state index contributed by atoms with van der Waals surface area (Å²) in [5.74, 6) is 0.943. The highest BCUT2D eigenvalue weighted by Gasteiger charge is 2.28. The Morgan fingerprint density at radius 1 is 1.25 bits per heavy atom. The molecule has 4 nitrogen and oxygen atoms in total. The van der Waals surface area contributed by atoms with E-state index in [2.05, 4.69) is 24.1 Å². The second-order valence-corrected chi connectivity index (χ2v) is 6.02. The summed E-state index contributed by atoms with van der Waals surface area (Å²) in [5.41, 5.74) is 0. The fourth-order valence-electron chi connectivity index (χ4n) is 3.01. The van der Waals surface area contributed by atoms with E-state index in [-0.39, 0.29) is 6.61 Å². The molecule has 0 aromatic heterocycles. The summed E-state index contributed by atoms with van der Waals surface area (Å²) >= 11 is 0. The average molecular weight is 284 g/mol. The van der Waals surface area contributed by atoms with Crippen molar-refractivity contribution in [3.8, 4) is 0 Å². The number of rotatable bonds is 9. The molecule has 1 aliphatic rings. The molecular formula is C16H32N2O2. The van der Waals surface area contributed by atoms with Gasteiger partial charge in [0.15, 0.2) is 0 Å². The Kier molecular flexibility index (Phi) is 8.86. The van der Waals surface area contributed by atoms with E-state index < -0.39 is 0 Å². The maximum atomic E-state index is 12.2. The number of aliphatic hydroxyl groups excluding tert-OH is 1. The number of nitrogens with zero attached hydrogens (tertiary/aromatic N) is 1. The lowest BCUT2D eigenvalue weighted by atomic mass is 9.89. The van der Waals surface area contributed by atoms with Gasteiger partial charge in [0, 0.05) is 32.2 Å². The molecular weight excluding hydrogens is 252 g/mol. The Hall–Kier alpha value is -0.610. The van der Waals surface area contributed by atoms with Crippen molar-refractivity contribution in [3.05, 3.63) is 0 Å². The molecule has 2 N–H and O–H groups in total. The summed E-state index contributed by atoms with van der Waals surface area (Å²) in [6.07, 6.45) is 7.26. The van der Waals surface area contributed by atoms with Crippen molar-refractivity contribution >= 4 is 5.91 Å². The number of unbranched alkanes of at least 4 members (excludes halogenated alkanes) is 1. The van der Waals surface area contributed by atoms with E-state index in [0.717, 1.165) is 32.5 Å². The fourth-order valence-corrected chi connectivity index (χ4v) is 3.01. The molecule has 2 atom stereocenters. The quantitative estimate of drug-likeness (QED) is 0.638. The molecule has 0 saturated carbocycles. The highest BCUT2D eigenvalue weighted by atomic mass is 16.3. The molecule has 0 spiro atoms. The number of piperidine rings is 1. The first-order valence-corrected chi connectivity index (χ1v) is 8.33. The molecule has 1 rings (SSSR count). The number of carbonyl (C=O) groups excluding carboxylic acids is 1. The highest BCUT2D eigenvalue weighted by Crippen LogP contribution is 2.23. The summed E-state index contributed by atoms with van der Waals surface area (Å²) in [6.45, 7) is 7.14. The predicted molar refractivity (Wildman–Crippen MR) is 82.6 cm³/mol. The summed E-state index contributed by atoms with van der Waals surface area (Å²) in [7, 11) is 0. The van der Waals surface area contributed by atoms with Gasteiger partial charge >= 0.3 is 0 Å². The Morgan fingerprint density at radius 2 is 2.05 bits per heavy atom. The number of likely N-dealkylation sites (tertiary alicyclic amines) is 1. The number of hydrogen-bond acceptors (Lipinski definition) is 3. The van der Waals surface area contributed by atoms with Gasteiger partial charge < -0.3 is 15.3 Å². The van der Waals surface area contributed by atoms with Crippen LogP contribution in [0, 0.1) is 5.92 Å². The smallest absolute Gasteiger partial charge is 0.222 e. The van der Waals surface area contributed by atoms with E-state index >= 15 is 0 Å². The third-order valence-electron chi connectivity index (χ3n) is 4.09. The SMILES string of the molecule is CCCCC1CC(NCCCO)CN(C(=O)CCC)C1. The van der Waals surface area contributed by atoms with Crippen LogP contribution in [-0.4, -0.2) is 48.2 Å². The minimum absolute atomic E-state index is 0.234. The molecule has 1 saturated heterocycles. The van der Waals surface area contributed by atoms with E-state index in [1.54, 1.807) is 0 Å². The third kappa shape index (κ3) is 6.23. The van der Waals surface area contributed by atoms with Crippen LogP contribution in [0.15, 0.2) is 0 Å². The van der Waals surface area contributed by atoms with E-state index in [1.807, 2.05) is 0 Å². The van der Waals surface area contributed by atoms with Gasteiger partial charge in [-0.05, 0) is 38.1 Å². The molecule has 0 aromatic rings. The van der Waals surface area contributed by atoms with Gasteiger partial charge in [0.2, 0.25) is 5.91 Å². The first-order valence-electron chi connectivity index (χ1n) is 8.33. The van der Waals surface area contributed by atoms with Gasteiger partial charge in [-0.2, -0.15) is 0 Å². The van der Waals surface area contributed by atoms with Crippen LogP contribution in [0.3, 0.4) is 0 Å². The molecule has 2 unspecified atom stereocenters. The second kappa shape index (κ2) is 10.2. The molecule has 20 heavy (non-hydrogen) atoms. The molecule has 4 heteroatoms. The van der Waals surface area contributed by atoms with E-state index in [0.29, 0.717) is 24.3 Å². The molecule has 1 amide bonds. The zero-order valence-corrected chi connectivity index (χ0v) is 13.2. The lowest BCUT2D eigenvalue weighted by Gasteiger charge is -2.38. The van der Waals surface area contributed by atoms with Crippen LogP contribution < -0.4 is 5.32 Å². The monoisotopic (exact) mass is 284 g/mol. The minimum Gasteiger partial charge on any atom is -0.396 e. The van der Waals surface area contributed by atoms with Crippen LogP contribution in [0.4, 0.5) is 0 Å². The Morgan fingerprint density at radius 3 is 2.70 bits per heavy atom. The Labute approximate surface area is 123 Å². The van der Waals surface area contributed by atoms with Crippen LogP contribution in [0.25, 0.3) is 0 Å². The van der Waals surface area contributed by atoms with E-state index in [1.165, 1.54) is 25.7 Å². The van der Waals surface area contributed by atoms with Gasteiger partial charge in [0.25, 0.3) is 0 Å². The second-order valence-electron chi connectivity index (χ2n) is 6.02. The van der Waals surface area contributed by atoms with Gasteiger partial charge in [-0.1, -0.05) is 26.7 Å². The van der Waals surface area contributed by atoms with Crippen molar-refractivity contribution in [1.82, 2.24) is 10.2 Å². The van der Waals surface area contributed by atoms with Crippen molar-refractivity contribution in [2.45, 2.75) is 64.8 Å². The minimum atomic E-state index is 0.234. The first kappa shape index (κ1) is 17.4. The Bertz CT molecular complexity index is 271. The molecule has 0 aromatic carbocycles. The fraction of sp³-hybridized carbons (Fsp3) is 0.938. The lowest BCUT2D eigenvalue weighted by Crippen LogP contribution is -2.51. The number of aliphatic hydroxyl groups is 1. The molecule has 0 radical (unpaired) electrons. The molecule has 1 aliphatic heterocycles. The van der Waals surface area contributed by atoms with E-state index in [4.69, 9.17) is 5.11 Å². The van der Waals surface area contributed by atoms with Crippen LogP contribution in [-0.2, 0) is 4.79 Å². The van der Waals surface area contributed by atoms with E-state index in [9.17, 15) is 4.79 Å². The van der Waals surface area contributed by atoms with Gasteiger partial charge in [-0.3, -0.25) is 4.79 Å². The van der Waals surface area contributed by atoms with Gasteiger partial charge in [0.05, 0.1) is 0 Å². The number of nitrogens with one attached hydrogen (secondary N) is 1. The maximum Gasteiger partial charge on any atom is 0.222 e. The van der Waals surface area contributed by atoms with Crippen molar-refractivity contribution < 1.29 is 9.90 Å². The molecule has 0 bridgehead atoms. The standard InChI is InChI=1S/C16H32N2O2/c1-3-5-8-14-11-15(17-9-6-10-19)13-18(12-14)16(20)7-4-2/h14-15,17,19H,3-13H2,1-2H3. The predicted octanol–water partition coefficient (Wildman–Crippen LogP) is 2.17. The summed E-state index contributed by atoms with van der Waals surface area (Å²) < 4.78 is 0. The van der Waals surface area contributed by atoms with Crippen LogP contribution in [0.5, 0.6) is 0 Å². The summed E-state index contributed by atoms with van der Waals surface area (Å²) in [5, 5.41) is 12.4. The van der Waals surface area contributed by atoms with Gasteiger partial charge in [-0.15, -0.1) is 0 Å². The number of hydrogen-bond donors (Lipinski definition) is 2. The summed E-state index contributed by atoms with van der Waals surface area (Å²) in [4.78, 5) is 14.2. The molecule has 1 fully saturated rings. The average Bonchev–Trinajstić information content (AvgIpc) is 2.45. The molecule has 118 valence electrons. The van der Waals surface area contributed by atoms with Crippen LogP contribution in [0.2, 0.25) is 0 Å². The number of amides is 1. The van der Waals surface area contributed by atoms with Crippen molar-refractivity contribution in [1.29, 1.82) is 0 Å². The van der Waals surface area contributed by atoms with Gasteiger partial charge in [-0.25, -0.2) is 0 Å². The van der Waals surface area contributed by atoms with Crippen molar-refractivity contribution in [3.63, 3.8) is 0 Å². The zero-order valence-electron chi connectivity index (χ0n) is 13.2. The zero-order chi connectivity index (χ0) is 14.8. The first-order chi connectivity index (χ1) is 9.71. The van der Waals surface area contributed by atoms with Crippen LogP contribution in [0.1, 0.15) is 58.8 Å². The third-order valence-corrected chi connectivity index (χ3v) is 4.09. The Balaban J connectivity index is 2.50. The maximum absolute atomic E-state index is 12.2. The largest absolute Gasteiger partial charge is 0.396 e. The van der Waals surface area contributed by atoms with Gasteiger partial charge in [0.1, 0.15) is 0 Å². The van der Waals surface area contributed by atoms with Crippen molar-refractivity contribution in [2.75, 3.05) is 26.2 Å². The van der Waals surface area contributed by atoms with Crippen molar-refractivity contribution in [2.24, 2.45) is 5.92 Å².